The number of thiazole rings is 1. The molecule has 1 aromatic rings. The number of aromatic nitrogens is 1. The third kappa shape index (κ3) is 4.89. The lowest BCUT2D eigenvalue weighted by Gasteiger charge is -2.19. The Morgan fingerprint density at radius 1 is 1.43 bits per heavy atom. The summed E-state index contributed by atoms with van der Waals surface area (Å²) < 4.78 is 23.4. The summed E-state index contributed by atoms with van der Waals surface area (Å²) >= 11 is 1.23. The summed E-state index contributed by atoms with van der Waals surface area (Å²) in [6.07, 6.45) is -1.11. The van der Waals surface area contributed by atoms with Gasteiger partial charge in [0.05, 0.1) is 13.2 Å². The molecule has 1 heterocycles. The molecule has 0 unspecified atom stereocenters. The van der Waals surface area contributed by atoms with Crippen molar-refractivity contribution in [2.45, 2.75) is 58.4 Å². The predicted octanol–water partition coefficient (Wildman–Crippen LogP) is 3.17. The molecule has 0 bridgehead atoms. The van der Waals surface area contributed by atoms with Crippen molar-refractivity contribution in [3.05, 3.63) is 15.6 Å². The maximum Gasteiger partial charge on any atom is 0.408 e. The summed E-state index contributed by atoms with van der Waals surface area (Å²) in [5.41, 5.74) is -0.438. The number of hydrogen-bond acceptors (Lipinski definition) is 6. The smallest absolute Gasteiger partial charge is 0.408 e. The van der Waals surface area contributed by atoms with Crippen molar-refractivity contribution in [1.29, 1.82) is 0 Å². The Morgan fingerprint density at radius 2 is 2.09 bits per heavy atom. The van der Waals surface area contributed by atoms with E-state index in [0.29, 0.717) is 16.3 Å². The minimum Gasteiger partial charge on any atom is -0.461 e. The average Bonchev–Trinajstić information content (AvgIpc) is 2.99. The van der Waals surface area contributed by atoms with Crippen LogP contribution in [0.3, 0.4) is 0 Å². The number of carbonyl (C=O) groups excluding carboxylic acids is 2. The summed E-state index contributed by atoms with van der Waals surface area (Å²) in [4.78, 5) is 28.4. The number of halogens is 1. The molecule has 2 rings (SSSR count). The van der Waals surface area contributed by atoms with Gasteiger partial charge < -0.3 is 14.8 Å². The lowest BCUT2D eigenvalue weighted by atomic mass is 10.2. The van der Waals surface area contributed by atoms with Crippen molar-refractivity contribution in [3.8, 4) is 0 Å². The molecule has 1 N–H and O–H groups in total. The van der Waals surface area contributed by atoms with E-state index in [-0.39, 0.29) is 24.8 Å². The first-order valence-electron chi connectivity index (χ1n) is 7.49. The van der Waals surface area contributed by atoms with Crippen molar-refractivity contribution in [1.82, 2.24) is 10.3 Å². The van der Waals surface area contributed by atoms with E-state index in [9.17, 15) is 14.0 Å². The van der Waals surface area contributed by atoms with Gasteiger partial charge in [-0.3, -0.25) is 0 Å². The van der Waals surface area contributed by atoms with Crippen LogP contribution in [0, 0.1) is 0 Å². The number of nitrogens with one attached hydrogen (secondary N) is 1. The highest BCUT2D eigenvalue weighted by Crippen LogP contribution is 2.47. The molecule has 6 nitrogen and oxygen atoms in total. The first-order chi connectivity index (χ1) is 10.7. The number of rotatable bonds is 5. The minimum atomic E-state index is -0.935. The molecule has 1 fully saturated rings. The van der Waals surface area contributed by atoms with Crippen molar-refractivity contribution in [2.75, 3.05) is 6.61 Å². The van der Waals surface area contributed by atoms with Gasteiger partial charge in [0.1, 0.15) is 16.8 Å². The van der Waals surface area contributed by atoms with Gasteiger partial charge >= 0.3 is 12.1 Å². The quantitative estimate of drug-likeness (QED) is 0.830. The number of hydrogen-bond donors (Lipinski definition) is 1. The molecule has 0 spiro atoms. The minimum absolute atomic E-state index is 0.121. The predicted molar refractivity (Wildman–Crippen MR) is 83.4 cm³/mol. The zero-order valence-corrected chi connectivity index (χ0v) is 14.5. The molecule has 2 atom stereocenters. The number of ether oxygens (including phenoxy) is 2. The monoisotopic (exact) mass is 344 g/mol. The molecule has 23 heavy (non-hydrogen) atoms. The largest absolute Gasteiger partial charge is 0.461 e. The van der Waals surface area contributed by atoms with E-state index < -0.39 is 23.8 Å². The van der Waals surface area contributed by atoms with Crippen LogP contribution in [0.1, 0.15) is 60.4 Å². The Kier molecular flexibility index (Phi) is 5.23. The van der Waals surface area contributed by atoms with Crippen LogP contribution >= 0.6 is 11.3 Å². The number of carbonyl (C=O) groups is 2. The molecule has 0 saturated heterocycles. The molecule has 1 aliphatic rings. The van der Waals surface area contributed by atoms with Gasteiger partial charge in [0.25, 0.3) is 0 Å². The van der Waals surface area contributed by atoms with Crippen LogP contribution in [0.25, 0.3) is 0 Å². The maximum absolute atomic E-state index is 13.3. The molecule has 8 heteroatoms. The summed E-state index contributed by atoms with van der Waals surface area (Å²) in [5, 5.41) is 3.10. The van der Waals surface area contributed by atoms with E-state index in [2.05, 4.69) is 10.3 Å². The molecular weight excluding hydrogens is 323 g/mol. The SMILES string of the molecule is CCOC(=O)c1nc(CNC(=O)OC(C)(C)C)sc1[C@@H]1C[C@@H]1F. The van der Waals surface area contributed by atoms with E-state index >= 15 is 0 Å². The van der Waals surface area contributed by atoms with Crippen molar-refractivity contribution in [2.24, 2.45) is 0 Å². The second-order valence-electron chi connectivity index (χ2n) is 6.25. The van der Waals surface area contributed by atoms with E-state index in [0.717, 1.165) is 0 Å². The third-order valence-corrected chi connectivity index (χ3v) is 4.19. The van der Waals surface area contributed by atoms with Crippen molar-refractivity contribution in [3.63, 3.8) is 0 Å². The molecule has 0 aromatic carbocycles. The van der Waals surface area contributed by atoms with Gasteiger partial charge in [-0.05, 0) is 34.1 Å². The van der Waals surface area contributed by atoms with Crippen LogP contribution < -0.4 is 5.32 Å². The molecule has 0 aliphatic heterocycles. The topological polar surface area (TPSA) is 77.5 Å². The summed E-state index contributed by atoms with van der Waals surface area (Å²) in [7, 11) is 0. The van der Waals surface area contributed by atoms with Crippen LogP contribution in [-0.2, 0) is 16.0 Å². The molecular formula is C15H21FN2O4S. The molecule has 1 aliphatic carbocycles. The highest BCUT2D eigenvalue weighted by Gasteiger charge is 2.43. The van der Waals surface area contributed by atoms with Crippen molar-refractivity contribution < 1.29 is 23.5 Å². The van der Waals surface area contributed by atoms with E-state index in [1.165, 1.54) is 11.3 Å². The fourth-order valence-electron chi connectivity index (χ4n) is 1.95. The lowest BCUT2D eigenvalue weighted by molar-refractivity contribution is 0.0514. The van der Waals surface area contributed by atoms with Crippen LogP contribution in [0.4, 0.5) is 9.18 Å². The van der Waals surface area contributed by atoms with E-state index in [4.69, 9.17) is 9.47 Å². The van der Waals surface area contributed by atoms with E-state index in [1.807, 2.05) is 0 Å². The van der Waals surface area contributed by atoms with Crippen molar-refractivity contribution >= 4 is 23.4 Å². The molecule has 0 radical (unpaired) electrons. The molecule has 1 aromatic heterocycles. The van der Waals surface area contributed by atoms with Gasteiger partial charge in [0, 0.05) is 10.8 Å². The normalized spacial score (nSPS) is 20.0. The zero-order valence-electron chi connectivity index (χ0n) is 13.6. The number of esters is 1. The molecule has 1 saturated carbocycles. The van der Waals surface area contributed by atoms with Gasteiger partial charge in [-0.2, -0.15) is 0 Å². The van der Waals surface area contributed by atoms with Gasteiger partial charge in [0.2, 0.25) is 0 Å². The van der Waals surface area contributed by atoms with Crippen LogP contribution in [0.2, 0.25) is 0 Å². The lowest BCUT2D eigenvalue weighted by Crippen LogP contribution is -2.32. The fourth-order valence-corrected chi connectivity index (χ4v) is 3.10. The summed E-state index contributed by atoms with van der Waals surface area (Å²) in [6, 6.07) is 0. The average molecular weight is 344 g/mol. The van der Waals surface area contributed by atoms with E-state index in [1.54, 1.807) is 27.7 Å². The first kappa shape index (κ1) is 17.7. The molecule has 1 amide bonds. The second-order valence-corrected chi connectivity index (χ2v) is 7.37. The Labute approximate surface area is 138 Å². The van der Waals surface area contributed by atoms with Crippen LogP contribution in [0.15, 0.2) is 0 Å². The Bertz CT molecular complexity index is 597. The Hall–Kier alpha value is -1.70. The zero-order chi connectivity index (χ0) is 17.2. The number of amides is 1. The molecule has 128 valence electrons. The fraction of sp³-hybridized carbons (Fsp3) is 0.667. The van der Waals surface area contributed by atoms with Crippen LogP contribution in [-0.4, -0.2) is 35.4 Å². The Balaban J connectivity index is 2.05. The first-order valence-corrected chi connectivity index (χ1v) is 8.30. The highest BCUT2D eigenvalue weighted by molar-refractivity contribution is 7.12. The van der Waals surface area contributed by atoms with Gasteiger partial charge in [0.15, 0.2) is 5.69 Å². The number of nitrogens with zero attached hydrogens (tertiary/aromatic N) is 1. The summed E-state index contributed by atoms with van der Waals surface area (Å²) in [6.45, 7) is 7.34. The van der Waals surface area contributed by atoms with Gasteiger partial charge in [-0.1, -0.05) is 0 Å². The number of alkyl carbamates (subject to hydrolysis) is 1. The van der Waals surface area contributed by atoms with Gasteiger partial charge in [-0.25, -0.2) is 19.0 Å². The number of alkyl halides is 1. The highest BCUT2D eigenvalue weighted by atomic mass is 32.1. The second kappa shape index (κ2) is 6.82. The maximum atomic E-state index is 13.3. The summed E-state index contributed by atoms with van der Waals surface area (Å²) in [5.74, 6) is -0.844. The third-order valence-electron chi connectivity index (χ3n) is 3.00. The standard InChI is InChI=1S/C15H21FN2O4S/c1-5-21-13(19)11-12(8-6-9(8)16)23-10(18-11)7-17-14(20)22-15(2,3)4/h8-9H,5-7H2,1-4H3,(H,17,20)/t8-,9+/m1/s1. The van der Waals surface area contributed by atoms with Gasteiger partial charge in [-0.15, -0.1) is 11.3 Å². The van der Waals surface area contributed by atoms with Crippen LogP contribution in [0.5, 0.6) is 0 Å². The Morgan fingerprint density at radius 3 is 2.61 bits per heavy atom.